The number of anilines is 1. The van der Waals surface area contributed by atoms with E-state index in [4.69, 9.17) is 0 Å². The summed E-state index contributed by atoms with van der Waals surface area (Å²) in [5.74, 6) is 0. The van der Waals surface area contributed by atoms with Crippen LogP contribution in [0.1, 0.15) is 33.9 Å². The van der Waals surface area contributed by atoms with E-state index in [9.17, 15) is 13.2 Å². The minimum absolute atomic E-state index is 0.163. The van der Waals surface area contributed by atoms with E-state index in [1.54, 1.807) is 12.3 Å². The molecule has 0 bridgehead atoms. The van der Waals surface area contributed by atoms with Gasteiger partial charge in [-0.2, -0.15) is 18.3 Å². The molecule has 0 aliphatic rings. The molecule has 2 N–H and O–H groups in total. The fourth-order valence-electron chi connectivity index (χ4n) is 2.90. The lowest BCUT2D eigenvalue weighted by atomic mass is 9.95. The predicted molar refractivity (Wildman–Crippen MR) is 91.4 cm³/mol. The molecule has 0 aliphatic heterocycles. The summed E-state index contributed by atoms with van der Waals surface area (Å²) in [6.07, 6.45) is -1.29. The summed E-state index contributed by atoms with van der Waals surface area (Å²) in [5, 5.41) is 9.81. The molecule has 1 unspecified atom stereocenters. The monoisotopic (exact) mass is 345 g/mol. The van der Waals surface area contributed by atoms with Gasteiger partial charge in [-0.25, -0.2) is 0 Å². The maximum Gasteiger partial charge on any atom is 0.416 e. The Morgan fingerprint density at radius 3 is 2.48 bits per heavy atom. The van der Waals surface area contributed by atoms with Gasteiger partial charge in [-0.1, -0.05) is 35.9 Å². The van der Waals surface area contributed by atoms with Gasteiger partial charge in [0.25, 0.3) is 0 Å². The molecule has 0 saturated carbocycles. The smallest absolute Gasteiger partial charge is 0.374 e. The number of nitrogens with one attached hydrogen (secondary N) is 2. The van der Waals surface area contributed by atoms with Crippen LogP contribution in [0.15, 0.2) is 54.9 Å². The summed E-state index contributed by atoms with van der Waals surface area (Å²) in [7, 11) is 0. The van der Waals surface area contributed by atoms with Crippen LogP contribution in [0, 0.1) is 13.8 Å². The summed E-state index contributed by atoms with van der Waals surface area (Å²) < 4.78 is 40.4. The van der Waals surface area contributed by atoms with E-state index in [1.807, 2.05) is 32.0 Å². The highest BCUT2D eigenvalue weighted by atomic mass is 19.4. The van der Waals surface area contributed by atoms with Crippen molar-refractivity contribution >= 4 is 5.69 Å². The number of nitrogens with zero attached hydrogens (tertiary/aromatic N) is 1. The third kappa shape index (κ3) is 3.68. The van der Waals surface area contributed by atoms with E-state index in [2.05, 4.69) is 15.5 Å². The van der Waals surface area contributed by atoms with Gasteiger partial charge in [0, 0.05) is 17.4 Å². The molecule has 0 spiro atoms. The van der Waals surface area contributed by atoms with Crippen molar-refractivity contribution in [1.29, 1.82) is 0 Å². The number of H-pyrrole nitrogens is 1. The van der Waals surface area contributed by atoms with Crippen molar-refractivity contribution < 1.29 is 13.2 Å². The van der Waals surface area contributed by atoms with Gasteiger partial charge in [0.2, 0.25) is 0 Å². The first-order chi connectivity index (χ1) is 11.9. The number of aryl methyl sites for hydroxylation is 2. The highest BCUT2D eigenvalue weighted by molar-refractivity contribution is 5.56. The lowest BCUT2D eigenvalue weighted by Crippen LogP contribution is -2.18. The molecule has 6 heteroatoms. The first-order valence-corrected chi connectivity index (χ1v) is 7.85. The van der Waals surface area contributed by atoms with Crippen LogP contribution in [0.4, 0.5) is 18.9 Å². The van der Waals surface area contributed by atoms with Crippen molar-refractivity contribution in [1.82, 2.24) is 10.2 Å². The third-order valence-electron chi connectivity index (χ3n) is 4.11. The molecule has 0 aliphatic carbocycles. The molecule has 1 aromatic heterocycles. The van der Waals surface area contributed by atoms with Crippen LogP contribution >= 0.6 is 0 Å². The summed E-state index contributed by atoms with van der Waals surface area (Å²) >= 11 is 0. The summed E-state index contributed by atoms with van der Waals surface area (Å²) in [5.41, 5.74) is 3.00. The Labute approximate surface area is 143 Å². The van der Waals surface area contributed by atoms with Gasteiger partial charge in [-0.3, -0.25) is 5.10 Å². The number of benzene rings is 2. The zero-order chi connectivity index (χ0) is 18.0. The highest BCUT2D eigenvalue weighted by Crippen LogP contribution is 2.38. The van der Waals surface area contributed by atoms with Gasteiger partial charge in [0.1, 0.15) is 0 Å². The molecular weight excluding hydrogens is 327 g/mol. The number of aromatic amines is 1. The lowest BCUT2D eigenvalue weighted by Gasteiger charge is -2.24. The molecule has 1 atom stereocenters. The largest absolute Gasteiger partial charge is 0.416 e. The zero-order valence-electron chi connectivity index (χ0n) is 13.9. The molecule has 1 heterocycles. The number of rotatable bonds is 4. The maximum atomic E-state index is 13.5. The Balaban J connectivity index is 2.09. The maximum absolute atomic E-state index is 13.5. The van der Waals surface area contributed by atoms with Gasteiger partial charge < -0.3 is 5.32 Å². The minimum Gasteiger partial charge on any atom is -0.374 e. The fourth-order valence-corrected chi connectivity index (χ4v) is 2.90. The van der Waals surface area contributed by atoms with Crippen molar-refractivity contribution in [2.75, 3.05) is 5.32 Å². The average molecular weight is 345 g/mol. The summed E-state index contributed by atoms with van der Waals surface area (Å²) in [6.45, 7) is 3.90. The van der Waals surface area contributed by atoms with Crippen LogP contribution in [0.3, 0.4) is 0 Å². The third-order valence-corrected chi connectivity index (χ3v) is 4.11. The second-order valence-electron chi connectivity index (χ2n) is 6.01. The lowest BCUT2D eigenvalue weighted by molar-refractivity contribution is -0.138. The van der Waals surface area contributed by atoms with Gasteiger partial charge >= 0.3 is 6.18 Å². The van der Waals surface area contributed by atoms with Crippen molar-refractivity contribution in [2.24, 2.45) is 0 Å². The van der Waals surface area contributed by atoms with E-state index < -0.39 is 17.8 Å². The Bertz CT molecular complexity index is 855. The number of hydrogen-bond acceptors (Lipinski definition) is 2. The molecule has 0 amide bonds. The Hall–Kier alpha value is -2.76. The molecular formula is C19H18F3N3. The van der Waals surface area contributed by atoms with Gasteiger partial charge in [-0.15, -0.1) is 0 Å². The van der Waals surface area contributed by atoms with E-state index in [-0.39, 0.29) is 5.56 Å². The molecule has 3 aromatic rings. The first-order valence-electron chi connectivity index (χ1n) is 7.85. The first kappa shape index (κ1) is 17.1. The Morgan fingerprint density at radius 2 is 1.84 bits per heavy atom. The van der Waals surface area contributed by atoms with Gasteiger partial charge in [0.05, 0.1) is 17.8 Å². The van der Waals surface area contributed by atoms with Crippen LogP contribution < -0.4 is 5.32 Å². The van der Waals surface area contributed by atoms with Gasteiger partial charge in [-0.05, 0) is 37.1 Å². The molecule has 25 heavy (non-hydrogen) atoms. The molecule has 0 fully saturated rings. The number of halogens is 3. The Morgan fingerprint density at radius 1 is 1.08 bits per heavy atom. The number of hydrogen-bond donors (Lipinski definition) is 2. The molecule has 130 valence electrons. The van der Waals surface area contributed by atoms with Crippen molar-refractivity contribution in [3.8, 4) is 0 Å². The van der Waals surface area contributed by atoms with Crippen LogP contribution in [-0.2, 0) is 6.18 Å². The second-order valence-corrected chi connectivity index (χ2v) is 6.01. The molecule has 0 radical (unpaired) electrons. The van der Waals surface area contributed by atoms with Crippen LogP contribution in [0.25, 0.3) is 0 Å². The Kier molecular flexibility index (Phi) is 4.53. The predicted octanol–water partition coefficient (Wildman–Crippen LogP) is 5.25. The quantitative estimate of drug-likeness (QED) is 0.678. The molecule has 3 nitrogen and oxygen atoms in total. The zero-order valence-corrected chi connectivity index (χ0v) is 13.9. The van der Waals surface area contributed by atoms with E-state index in [0.717, 1.165) is 22.9 Å². The summed E-state index contributed by atoms with van der Waals surface area (Å²) in [6, 6.07) is 10.7. The van der Waals surface area contributed by atoms with Crippen LogP contribution in [0.2, 0.25) is 0 Å². The average Bonchev–Trinajstić information content (AvgIpc) is 3.07. The van der Waals surface area contributed by atoms with Crippen LogP contribution in [0.5, 0.6) is 0 Å². The van der Waals surface area contributed by atoms with E-state index in [0.29, 0.717) is 5.56 Å². The molecule has 0 saturated heterocycles. The normalized spacial score (nSPS) is 12.8. The SMILES string of the molecule is Cc1ccc(NC(c2cn[nH]c2)c2ccccc2C(F)(F)F)c(C)c1. The standard InChI is InChI=1S/C19H18F3N3/c1-12-7-8-17(13(2)9-12)25-18(14-10-23-24-11-14)15-5-3-4-6-16(15)19(20,21)22/h3-11,18,25H,1-2H3,(H,23,24). The summed E-state index contributed by atoms with van der Waals surface area (Å²) in [4.78, 5) is 0. The molecule has 3 rings (SSSR count). The minimum atomic E-state index is -4.43. The van der Waals surface area contributed by atoms with Crippen molar-refractivity contribution in [2.45, 2.75) is 26.1 Å². The molecule has 2 aromatic carbocycles. The number of aromatic nitrogens is 2. The second kappa shape index (κ2) is 6.63. The fraction of sp³-hybridized carbons (Fsp3) is 0.211. The van der Waals surface area contributed by atoms with Crippen LogP contribution in [-0.4, -0.2) is 10.2 Å². The number of alkyl halides is 3. The van der Waals surface area contributed by atoms with Crippen molar-refractivity contribution in [3.05, 3.63) is 82.7 Å². The van der Waals surface area contributed by atoms with Gasteiger partial charge in [0.15, 0.2) is 0 Å². The van der Waals surface area contributed by atoms with E-state index >= 15 is 0 Å². The topological polar surface area (TPSA) is 40.7 Å². The van der Waals surface area contributed by atoms with E-state index in [1.165, 1.54) is 18.3 Å². The van der Waals surface area contributed by atoms with Crippen molar-refractivity contribution in [3.63, 3.8) is 0 Å². The highest BCUT2D eigenvalue weighted by Gasteiger charge is 2.35.